The second kappa shape index (κ2) is 3.05. The average Bonchev–Trinajstić information content (AvgIpc) is 2.32. The van der Waals surface area contributed by atoms with Gasteiger partial charge in [0, 0.05) is 5.92 Å². The molecule has 0 spiro atoms. The highest BCUT2D eigenvalue weighted by Gasteiger charge is 2.26. The standard InChI is InChI=1S/C9H15N2O/c1-6(2)8-10-9(12-11-8)7-4-3-5-7/h6-8H,3-5H2,1-2H3/q-1. The van der Waals surface area contributed by atoms with E-state index in [9.17, 15) is 0 Å². The van der Waals surface area contributed by atoms with Crippen molar-refractivity contribution in [2.45, 2.75) is 39.3 Å². The monoisotopic (exact) mass is 167 g/mol. The van der Waals surface area contributed by atoms with Gasteiger partial charge in [0.1, 0.15) is 0 Å². The molecular formula is C9H15N2O-. The molecular weight excluding hydrogens is 152 g/mol. The summed E-state index contributed by atoms with van der Waals surface area (Å²) in [6, 6.07) is 0. The van der Waals surface area contributed by atoms with E-state index in [0.717, 1.165) is 5.90 Å². The summed E-state index contributed by atoms with van der Waals surface area (Å²) in [5.41, 5.74) is 4.02. The Hall–Kier alpha value is -0.570. The van der Waals surface area contributed by atoms with Crippen molar-refractivity contribution in [2.75, 3.05) is 0 Å². The molecule has 12 heavy (non-hydrogen) atoms. The molecule has 3 nitrogen and oxygen atoms in total. The molecule has 0 amide bonds. The highest BCUT2D eigenvalue weighted by atomic mass is 16.7. The van der Waals surface area contributed by atoms with Crippen molar-refractivity contribution in [3.8, 4) is 0 Å². The van der Waals surface area contributed by atoms with Crippen molar-refractivity contribution < 1.29 is 4.84 Å². The SMILES string of the molecule is CC(C)C1N=C(C2CCC2)O[N-]1. The highest BCUT2D eigenvalue weighted by Crippen LogP contribution is 2.33. The number of aliphatic imine (C=N–C) groups is 1. The average molecular weight is 167 g/mol. The molecule has 0 aromatic carbocycles. The van der Waals surface area contributed by atoms with Gasteiger partial charge in [0.2, 0.25) is 0 Å². The van der Waals surface area contributed by atoms with Crippen LogP contribution in [0.25, 0.3) is 5.48 Å². The molecule has 0 aromatic rings. The summed E-state index contributed by atoms with van der Waals surface area (Å²) >= 11 is 0. The van der Waals surface area contributed by atoms with E-state index in [1.54, 1.807) is 0 Å². The number of nitrogens with zero attached hydrogens (tertiary/aromatic N) is 2. The van der Waals surface area contributed by atoms with Crippen molar-refractivity contribution in [3.63, 3.8) is 0 Å². The minimum atomic E-state index is 0.0561. The number of hydrogen-bond donors (Lipinski definition) is 0. The van der Waals surface area contributed by atoms with Crippen molar-refractivity contribution in [1.29, 1.82) is 0 Å². The minimum Gasteiger partial charge on any atom is -0.575 e. The fraction of sp³-hybridized carbons (Fsp3) is 0.889. The molecule has 1 heterocycles. The van der Waals surface area contributed by atoms with Crippen LogP contribution in [0.15, 0.2) is 4.99 Å². The molecule has 0 N–H and O–H groups in total. The summed E-state index contributed by atoms with van der Waals surface area (Å²) in [6.07, 6.45) is 3.85. The zero-order valence-corrected chi connectivity index (χ0v) is 7.66. The minimum absolute atomic E-state index is 0.0561. The summed E-state index contributed by atoms with van der Waals surface area (Å²) in [4.78, 5) is 9.64. The Kier molecular flexibility index (Phi) is 2.05. The van der Waals surface area contributed by atoms with Crippen LogP contribution in [0.3, 0.4) is 0 Å². The lowest BCUT2D eigenvalue weighted by Gasteiger charge is -2.27. The Morgan fingerprint density at radius 2 is 2.25 bits per heavy atom. The highest BCUT2D eigenvalue weighted by molar-refractivity contribution is 5.81. The Balaban J connectivity index is 1.95. The van der Waals surface area contributed by atoms with Crippen LogP contribution < -0.4 is 0 Å². The Labute approximate surface area is 73.2 Å². The van der Waals surface area contributed by atoms with Crippen molar-refractivity contribution >= 4 is 5.90 Å². The van der Waals surface area contributed by atoms with E-state index in [4.69, 9.17) is 4.84 Å². The maximum Gasteiger partial charge on any atom is 0.169 e. The van der Waals surface area contributed by atoms with Gasteiger partial charge in [0.25, 0.3) is 0 Å². The second-order valence-electron chi connectivity index (χ2n) is 3.95. The van der Waals surface area contributed by atoms with E-state index >= 15 is 0 Å². The van der Waals surface area contributed by atoms with Crippen molar-refractivity contribution in [2.24, 2.45) is 16.8 Å². The van der Waals surface area contributed by atoms with Gasteiger partial charge < -0.3 is 10.3 Å². The molecule has 1 fully saturated rings. The van der Waals surface area contributed by atoms with Crippen LogP contribution in [-0.4, -0.2) is 12.1 Å². The Bertz CT molecular complexity index is 197. The van der Waals surface area contributed by atoms with Crippen LogP contribution in [0.4, 0.5) is 0 Å². The van der Waals surface area contributed by atoms with E-state index in [1.165, 1.54) is 19.3 Å². The lowest BCUT2D eigenvalue weighted by molar-refractivity contribution is 0.319. The summed E-state index contributed by atoms with van der Waals surface area (Å²) in [7, 11) is 0. The summed E-state index contributed by atoms with van der Waals surface area (Å²) in [5, 5.41) is 0. The third-order valence-electron chi connectivity index (χ3n) is 2.56. The molecule has 2 rings (SSSR count). The summed E-state index contributed by atoms with van der Waals surface area (Å²) in [6.45, 7) is 4.23. The van der Waals surface area contributed by atoms with Gasteiger partial charge in [-0.3, -0.25) is 4.99 Å². The van der Waals surface area contributed by atoms with E-state index < -0.39 is 0 Å². The molecule has 0 bridgehead atoms. The quantitative estimate of drug-likeness (QED) is 0.622. The van der Waals surface area contributed by atoms with Crippen LogP contribution in [0.5, 0.6) is 0 Å². The molecule has 0 saturated heterocycles. The lowest BCUT2D eigenvalue weighted by Crippen LogP contribution is -2.21. The molecule has 3 heteroatoms. The third kappa shape index (κ3) is 1.33. The van der Waals surface area contributed by atoms with Gasteiger partial charge >= 0.3 is 0 Å². The molecule has 0 aromatic heterocycles. The van der Waals surface area contributed by atoms with Crippen LogP contribution >= 0.6 is 0 Å². The zero-order valence-electron chi connectivity index (χ0n) is 7.66. The van der Waals surface area contributed by atoms with Gasteiger partial charge in [-0.2, -0.15) is 0 Å². The first-order chi connectivity index (χ1) is 5.77. The van der Waals surface area contributed by atoms with Gasteiger partial charge in [-0.05, 0) is 24.9 Å². The first kappa shape index (κ1) is 8.05. The molecule has 2 aliphatic rings. The predicted molar refractivity (Wildman–Crippen MR) is 47.8 cm³/mol. The maximum atomic E-state index is 5.21. The van der Waals surface area contributed by atoms with Crippen LogP contribution in [0.1, 0.15) is 33.1 Å². The van der Waals surface area contributed by atoms with E-state index in [2.05, 4.69) is 24.3 Å². The van der Waals surface area contributed by atoms with Crippen LogP contribution in [0, 0.1) is 11.8 Å². The first-order valence-corrected chi connectivity index (χ1v) is 4.72. The topological polar surface area (TPSA) is 35.7 Å². The van der Waals surface area contributed by atoms with Crippen molar-refractivity contribution in [1.82, 2.24) is 0 Å². The van der Waals surface area contributed by atoms with Gasteiger partial charge in [0.15, 0.2) is 5.90 Å². The van der Waals surface area contributed by atoms with E-state index in [1.807, 2.05) is 0 Å². The molecule has 1 saturated carbocycles. The summed E-state index contributed by atoms with van der Waals surface area (Å²) < 4.78 is 0. The molecule has 1 aliphatic heterocycles. The molecule has 1 atom stereocenters. The van der Waals surface area contributed by atoms with Crippen LogP contribution in [-0.2, 0) is 4.84 Å². The second-order valence-corrected chi connectivity index (χ2v) is 3.95. The lowest BCUT2D eigenvalue weighted by atomic mass is 9.85. The zero-order chi connectivity index (χ0) is 8.55. The maximum absolute atomic E-state index is 5.21. The van der Waals surface area contributed by atoms with Crippen molar-refractivity contribution in [3.05, 3.63) is 5.48 Å². The molecule has 1 aliphatic carbocycles. The molecule has 1 unspecified atom stereocenters. The third-order valence-corrected chi connectivity index (χ3v) is 2.56. The first-order valence-electron chi connectivity index (χ1n) is 4.72. The van der Waals surface area contributed by atoms with Gasteiger partial charge in [0.05, 0.1) is 0 Å². The predicted octanol–water partition coefficient (Wildman–Crippen LogP) is 2.49. The fourth-order valence-corrected chi connectivity index (χ4v) is 1.39. The molecule has 68 valence electrons. The van der Waals surface area contributed by atoms with Gasteiger partial charge in [-0.25, -0.2) is 0 Å². The molecule has 0 radical (unpaired) electrons. The van der Waals surface area contributed by atoms with Crippen LogP contribution in [0.2, 0.25) is 0 Å². The number of hydroxylamine groups is 1. The largest absolute Gasteiger partial charge is 0.575 e. The Morgan fingerprint density at radius 3 is 2.67 bits per heavy atom. The number of hydrogen-bond acceptors (Lipinski definition) is 2. The van der Waals surface area contributed by atoms with Gasteiger partial charge in [-0.1, -0.05) is 20.3 Å². The Morgan fingerprint density at radius 1 is 1.50 bits per heavy atom. The van der Waals surface area contributed by atoms with Gasteiger partial charge in [-0.15, -0.1) is 0 Å². The summed E-state index contributed by atoms with van der Waals surface area (Å²) in [5.74, 6) is 1.93. The van der Waals surface area contributed by atoms with E-state index in [0.29, 0.717) is 11.8 Å². The smallest absolute Gasteiger partial charge is 0.169 e. The van der Waals surface area contributed by atoms with E-state index in [-0.39, 0.29) is 6.17 Å². The fourth-order valence-electron chi connectivity index (χ4n) is 1.39. The number of rotatable bonds is 2. The normalized spacial score (nSPS) is 29.9.